The Labute approximate surface area is 229 Å². The lowest BCUT2D eigenvalue weighted by Crippen LogP contribution is -2.42. The first-order valence-corrected chi connectivity index (χ1v) is 12.8. The monoisotopic (exact) mass is 544 g/mol. The molecule has 0 saturated heterocycles. The van der Waals surface area contributed by atoms with Gasteiger partial charge in [0.25, 0.3) is 0 Å². The standard InChI is InChI=1S/C31H27F3N4O2/c1-18-10-22-15-23(32)7-8-28(22)38(18)17-29(39)37-27(13-19-11-24(33)16-25(34)12-19)30-26(6-3-9-36-30)20-4-2-5-21(14-20)31(35)40/h2-9,11-12,14-16,18,27H,10,13,17H2,1H3,(H2,35,40)(H,37,39)/t18?,27-/m0/s1. The minimum Gasteiger partial charge on any atom is -0.366 e. The number of fused-ring (bicyclic) bond motifs is 1. The van der Waals surface area contributed by atoms with Crippen molar-refractivity contribution < 1.29 is 22.8 Å². The van der Waals surface area contributed by atoms with E-state index in [-0.39, 0.29) is 30.7 Å². The Balaban J connectivity index is 1.49. The fourth-order valence-corrected chi connectivity index (χ4v) is 5.26. The number of rotatable bonds is 8. The van der Waals surface area contributed by atoms with Gasteiger partial charge >= 0.3 is 0 Å². The molecular weight excluding hydrogens is 517 g/mol. The molecule has 9 heteroatoms. The topological polar surface area (TPSA) is 88.3 Å². The molecule has 2 atom stereocenters. The van der Waals surface area contributed by atoms with Crippen LogP contribution in [0.5, 0.6) is 0 Å². The van der Waals surface area contributed by atoms with Crippen molar-refractivity contribution in [2.45, 2.75) is 31.8 Å². The minimum absolute atomic E-state index is 0.00681. The molecule has 3 N–H and O–H groups in total. The lowest BCUT2D eigenvalue weighted by Gasteiger charge is -2.27. The zero-order chi connectivity index (χ0) is 28.4. The summed E-state index contributed by atoms with van der Waals surface area (Å²) in [7, 11) is 0. The molecule has 6 nitrogen and oxygen atoms in total. The number of aromatic nitrogens is 1. The first kappa shape index (κ1) is 26.9. The van der Waals surface area contributed by atoms with Crippen LogP contribution in [0.3, 0.4) is 0 Å². The Morgan fingerprint density at radius 3 is 2.52 bits per heavy atom. The number of nitrogens with zero attached hydrogens (tertiary/aromatic N) is 2. The Hall–Kier alpha value is -4.66. The van der Waals surface area contributed by atoms with Gasteiger partial charge in [0.05, 0.1) is 18.3 Å². The third kappa shape index (κ3) is 5.83. The van der Waals surface area contributed by atoms with Crippen molar-refractivity contribution in [2.24, 2.45) is 5.73 Å². The molecule has 1 aliphatic rings. The molecule has 204 valence electrons. The SMILES string of the molecule is CC1Cc2cc(F)ccc2N1CC(=O)N[C@@H](Cc1cc(F)cc(F)c1)c1ncccc1-c1cccc(C(N)=O)c1. The summed E-state index contributed by atoms with van der Waals surface area (Å²) in [6.45, 7) is 1.95. The highest BCUT2D eigenvalue weighted by molar-refractivity contribution is 5.94. The van der Waals surface area contributed by atoms with Crippen molar-refractivity contribution in [1.29, 1.82) is 0 Å². The van der Waals surface area contributed by atoms with Gasteiger partial charge in [-0.05, 0) is 85.0 Å². The zero-order valence-electron chi connectivity index (χ0n) is 21.7. The fourth-order valence-electron chi connectivity index (χ4n) is 5.26. The predicted molar refractivity (Wildman–Crippen MR) is 146 cm³/mol. The van der Waals surface area contributed by atoms with Gasteiger partial charge in [-0.15, -0.1) is 0 Å². The van der Waals surface area contributed by atoms with Gasteiger partial charge in [0, 0.05) is 35.1 Å². The highest BCUT2D eigenvalue weighted by Gasteiger charge is 2.29. The lowest BCUT2D eigenvalue weighted by molar-refractivity contribution is -0.120. The lowest BCUT2D eigenvalue weighted by atomic mass is 9.94. The van der Waals surface area contributed by atoms with Crippen LogP contribution in [-0.4, -0.2) is 29.4 Å². The molecule has 1 aliphatic heterocycles. The highest BCUT2D eigenvalue weighted by Crippen LogP contribution is 2.33. The average Bonchev–Trinajstić information content (AvgIpc) is 3.21. The largest absolute Gasteiger partial charge is 0.366 e. The van der Waals surface area contributed by atoms with Gasteiger partial charge in [-0.3, -0.25) is 14.6 Å². The smallest absolute Gasteiger partial charge is 0.248 e. The maximum atomic E-state index is 14.1. The van der Waals surface area contributed by atoms with Crippen molar-refractivity contribution >= 4 is 17.5 Å². The Kier molecular flexibility index (Phi) is 7.55. The van der Waals surface area contributed by atoms with E-state index >= 15 is 0 Å². The van der Waals surface area contributed by atoms with Crippen molar-refractivity contribution in [3.05, 3.63) is 119 Å². The van der Waals surface area contributed by atoms with Crippen LogP contribution in [0, 0.1) is 17.5 Å². The van der Waals surface area contributed by atoms with Crippen LogP contribution in [0.1, 0.15) is 40.1 Å². The van der Waals surface area contributed by atoms with E-state index in [2.05, 4.69) is 10.3 Å². The highest BCUT2D eigenvalue weighted by atomic mass is 19.1. The summed E-state index contributed by atoms with van der Waals surface area (Å²) in [5.41, 5.74) is 9.46. The minimum atomic E-state index is -0.771. The van der Waals surface area contributed by atoms with Crippen LogP contribution < -0.4 is 16.0 Å². The number of primary amides is 1. The molecule has 0 fully saturated rings. The van der Waals surface area contributed by atoms with E-state index in [4.69, 9.17) is 5.73 Å². The number of nitrogens with one attached hydrogen (secondary N) is 1. The van der Waals surface area contributed by atoms with Gasteiger partial charge in [0.15, 0.2) is 0 Å². The summed E-state index contributed by atoms with van der Waals surface area (Å²) in [6, 6.07) is 17.1. The summed E-state index contributed by atoms with van der Waals surface area (Å²) >= 11 is 0. The number of hydrogen-bond donors (Lipinski definition) is 2. The van der Waals surface area contributed by atoms with Crippen LogP contribution in [0.4, 0.5) is 18.9 Å². The van der Waals surface area contributed by atoms with E-state index in [1.165, 1.54) is 24.3 Å². The van der Waals surface area contributed by atoms with E-state index in [9.17, 15) is 22.8 Å². The number of amides is 2. The van der Waals surface area contributed by atoms with E-state index in [1.54, 1.807) is 48.7 Å². The molecule has 1 aromatic heterocycles. The molecular formula is C31H27F3N4O2. The maximum absolute atomic E-state index is 14.1. The van der Waals surface area contributed by atoms with E-state index in [0.29, 0.717) is 34.4 Å². The molecule has 3 aromatic carbocycles. The number of pyridine rings is 1. The Morgan fingerprint density at radius 2 is 1.77 bits per heavy atom. The summed E-state index contributed by atoms with van der Waals surface area (Å²) in [5.74, 6) is -2.72. The third-order valence-electron chi connectivity index (χ3n) is 7.04. The molecule has 5 rings (SSSR count). The summed E-state index contributed by atoms with van der Waals surface area (Å²) in [5, 5.41) is 3.00. The van der Waals surface area contributed by atoms with Crippen molar-refractivity contribution in [2.75, 3.05) is 11.4 Å². The molecule has 2 heterocycles. The second kappa shape index (κ2) is 11.2. The first-order chi connectivity index (χ1) is 19.2. The van der Waals surface area contributed by atoms with Crippen LogP contribution >= 0.6 is 0 Å². The van der Waals surface area contributed by atoms with Gasteiger partial charge in [-0.1, -0.05) is 18.2 Å². The quantitative estimate of drug-likeness (QED) is 0.323. The van der Waals surface area contributed by atoms with Crippen molar-refractivity contribution in [1.82, 2.24) is 10.3 Å². The number of nitrogens with two attached hydrogens (primary N) is 1. The van der Waals surface area contributed by atoms with Crippen LogP contribution in [-0.2, 0) is 17.6 Å². The molecule has 0 saturated carbocycles. The van der Waals surface area contributed by atoms with E-state index in [0.717, 1.165) is 17.3 Å². The molecule has 40 heavy (non-hydrogen) atoms. The number of anilines is 1. The first-order valence-electron chi connectivity index (χ1n) is 12.8. The van der Waals surface area contributed by atoms with Gasteiger partial charge in [-0.25, -0.2) is 13.2 Å². The van der Waals surface area contributed by atoms with Gasteiger partial charge < -0.3 is 16.0 Å². The van der Waals surface area contributed by atoms with Crippen molar-refractivity contribution in [3.8, 4) is 11.1 Å². The molecule has 4 aromatic rings. The maximum Gasteiger partial charge on any atom is 0.248 e. The van der Waals surface area contributed by atoms with Gasteiger partial charge in [0.2, 0.25) is 11.8 Å². The van der Waals surface area contributed by atoms with Gasteiger partial charge in [-0.2, -0.15) is 0 Å². The van der Waals surface area contributed by atoms with Crippen LogP contribution in [0.25, 0.3) is 11.1 Å². The Morgan fingerprint density at radius 1 is 1.00 bits per heavy atom. The second-order valence-corrected chi connectivity index (χ2v) is 9.94. The number of benzene rings is 3. The van der Waals surface area contributed by atoms with E-state index < -0.39 is 23.6 Å². The molecule has 0 aliphatic carbocycles. The number of carbonyl (C=O) groups is 2. The predicted octanol–water partition coefficient (Wildman–Crippen LogP) is 5.12. The molecule has 1 unspecified atom stereocenters. The summed E-state index contributed by atoms with van der Waals surface area (Å²) in [4.78, 5) is 31.7. The van der Waals surface area contributed by atoms with Gasteiger partial charge in [0.1, 0.15) is 17.5 Å². The fraction of sp³-hybridized carbons (Fsp3) is 0.194. The Bertz CT molecular complexity index is 1570. The number of hydrogen-bond acceptors (Lipinski definition) is 4. The molecule has 0 radical (unpaired) electrons. The normalized spacial score (nSPS) is 15.0. The summed E-state index contributed by atoms with van der Waals surface area (Å²) in [6.07, 6.45) is 2.22. The average molecular weight is 545 g/mol. The number of halogens is 3. The molecule has 0 bridgehead atoms. The second-order valence-electron chi connectivity index (χ2n) is 9.94. The third-order valence-corrected chi connectivity index (χ3v) is 7.04. The summed E-state index contributed by atoms with van der Waals surface area (Å²) < 4.78 is 41.9. The van der Waals surface area contributed by atoms with Crippen LogP contribution in [0.2, 0.25) is 0 Å². The van der Waals surface area contributed by atoms with Crippen molar-refractivity contribution in [3.63, 3.8) is 0 Å². The van der Waals surface area contributed by atoms with E-state index in [1.807, 2.05) is 11.8 Å². The zero-order valence-corrected chi connectivity index (χ0v) is 21.7. The molecule has 2 amide bonds. The molecule has 0 spiro atoms. The van der Waals surface area contributed by atoms with Crippen LogP contribution in [0.15, 0.2) is 79.0 Å². The number of carbonyl (C=O) groups excluding carboxylic acids is 2.